The molecule has 0 aromatic carbocycles. The molecule has 0 aliphatic rings. The van der Waals surface area contributed by atoms with Crippen molar-refractivity contribution in [3.63, 3.8) is 0 Å². The molecule has 0 bridgehead atoms. The van der Waals surface area contributed by atoms with Crippen molar-refractivity contribution in [1.29, 1.82) is 0 Å². The lowest BCUT2D eigenvalue weighted by Gasteiger charge is -2.21. The summed E-state index contributed by atoms with van der Waals surface area (Å²) in [6.07, 6.45) is 9.46. The molecule has 0 fully saturated rings. The normalized spacial score (nSPS) is 12.5. The number of halogens is 3. The first-order chi connectivity index (χ1) is 17.6. The van der Waals surface area contributed by atoms with Gasteiger partial charge in [-0.15, -0.1) is 24.2 Å². The number of terminal acetylenes is 1. The van der Waals surface area contributed by atoms with Crippen molar-refractivity contribution in [3.8, 4) is 23.4 Å². The Morgan fingerprint density at radius 3 is 2.32 bits per heavy atom. The summed E-state index contributed by atoms with van der Waals surface area (Å²) in [5, 5.41) is 32.7. The van der Waals surface area contributed by atoms with E-state index in [0.29, 0.717) is 29.1 Å². The number of aliphatic hydroxyl groups excluding tert-OH is 3. The highest BCUT2D eigenvalue weighted by atomic mass is 32.1. The van der Waals surface area contributed by atoms with E-state index < -0.39 is 18.8 Å². The van der Waals surface area contributed by atoms with E-state index in [-0.39, 0.29) is 30.8 Å². The monoisotopic (exact) mass is 543 g/mol. The Morgan fingerprint density at radius 1 is 1.16 bits per heavy atom. The molecule has 206 valence electrons. The first kappa shape index (κ1) is 34.0. The lowest BCUT2D eigenvalue weighted by Crippen LogP contribution is -2.31. The minimum atomic E-state index is -4.43. The molecule has 8 nitrogen and oxygen atoms in total. The number of aliphatic hydroxyl groups is 3. The zero-order valence-corrected chi connectivity index (χ0v) is 22.3. The minimum absolute atomic E-state index is 0.0480. The van der Waals surface area contributed by atoms with Crippen LogP contribution in [0, 0.1) is 25.7 Å². The van der Waals surface area contributed by atoms with Crippen molar-refractivity contribution < 1.29 is 28.5 Å². The lowest BCUT2D eigenvalue weighted by molar-refractivity contribution is -0.115. The van der Waals surface area contributed by atoms with Gasteiger partial charge in [-0.25, -0.2) is 9.97 Å². The van der Waals surface area contributed by atoms with Crippen LogP contribution in [0.5, 0.6) is 0 Å². The molecular weight excluding hydrogens is 507 g/mol. The fourth-order valence-electron chi connectivity index (χ4n) is 3.11. The molecule has 0 saturated carbocycles. The van der Waals surface area contributed by atoms with E-state index in [2.05, 4.69) is 40.0 Å². The molecule has 0 spiro atoms. The predicted octanol–water partition coefficient (Wildman–Crippen LogP) is 4.29. The third kappa shape index (κ3) is 10.9. The van der Waals surface area contributed by atoms with Gasteiger partial charge in [-0.3, -0.25) is 0 Å². The van der Waals surface area contributed by atoms with Gasteiger partial charge in [-0.2, -0.15) is 18.2 Å². The van der Waals surface area contributed by atoms with Crippen LogP contribution in [-0.4, -0.2) is 69.4 Å². The number of anilines is 2. The van der Waals surface area contributed by atoms with E-state index in [9.17, 15) is 23.4 Å². The fourth-order valence-corrected chi connectivity index (χ4v) is 4.15. The summed E-state index contributed by atoms with van der Waals surface area (Å²) in [5.74, 6) is -0.276. The number of nitrogens with zero attached hydrogens (tertiary/aromatic N) is 3. The molecule has 12 heteroatoms. The third-order valence-electron chi connectivity index (χ3n) is 4.99. The summed E-state index contributed by atoms with van der Waals surface area (Å²) in [6.45, 7) is 7.85. The number of allylic oxidation sites excluding steroid dienone is 2. The molecule has 2 rings (SSSR count). The van der Waals surface area contributed by atoms with Gasteiger partial charge in [-0.05, 0) is 20.3 Å². The van der Waals surface area contributed by atoms with Crippen LogP contribution in [0.1, 0.15) is 36.5 Å². The van der Waals surface area contributed by atoms with Crippen LogP contribution in [0.4, 0.5) is 24.9 Å². The average Bonchev–Trinajstić information content (AvgIpc) is 3.30. The summed E-state index contributed by atoms with van der Waals surface area (Å²) < 4.78 is 38.0. The number of aryl methyl sites for hydroxylation is 1. The Balaban J connectivity index is 0.00000308. The van der Waals surface area contributed by atoms with Crippen molar-refractivity contribution in [2.75, 3.05) is 37.4 Å². The molecule has 2 aromatic heterocycles. The van der Waals surface area contributed by atoms with Crippen molar-refractivity contribution in [2.45, 2.75) is 45.9 Å². The number of nitrogens with one attached hydrogen (secondary N) is 2. The first-order valence-corrected chi connectivity index (χ1v) is 12.2. The van der Waals surface area contributed by atoms with Crippen LogP contribution in [0.2, 0.25) is 0 Å². The van der Waals surface area contributed by atoms with E-state index in [1.807, 2.05) is 26.0 Å². The Labute approximate surface area is 220 Å². The molecular formula is C25H36F3N5O3S. The van der Waals surface area contributed by atoms with E-state index in [4.69, 9.17) is 10.1 Å². The van der Waals surface area contributed by atoms with E-state index >= 15 is 0 Å². The number of rotatable bonds is 12. The van der Waals surface area contributed by atoms with Crippen LogP contribution in [0.15, 0.2) is 18.7 Å². The molecule has 0 amide bonds. The maximum Gasteiger partial charge on any atom is 0.405 e. The molecule has 2 atom stereocenters. The van der Waals surface area contributed by atoms with Gasteiger partial charge in [0.1, 0.15) is 17.4 Å². The molecule has 0 radical (unpaired) electrons. The zero-order valence-electron chi connectivity index (χ0n) is 21.5. The molecule has 5 N–H and O–H groups in total. The smallest absolute Gasteiger partial charge is 0.400 e. The Morgan fingerprint density at radius 2 is 1.81 bits per heavy atom. The Kier molecular flexibility index (Phi) is 16.1. The first-order valence-electron chi connectivity index (χ1n) is 11.4. The van der Waals surface area contributed by atoms with Crippen molar-refractivity contribution in [2.24, 2.45) is 5.92 Å². The van der Waals surface area contributed by atoms with Crippen LogP contribution in [0.3, 0.4) is 0 Å². The summed E-state index contributed by atoms with van der Waals surface area (Å²) in [6, 6.07) is 0. The van der Waals surface area contributed by atoms with Gasteiger partial charge >= 0.3 is 6.18 Å². The van der Waals surface area contributed by atoms with Crippen LogP contribution in [-0.2, 0) is 6.42 Å². The van der Waals surface area contributed by atoms with Gasteiger partial charge in [0.05, 0.1) is 27.9 Å². The van der Waals surface area contributed by atoms with Gasteiger partial charge in [-0.1, -0.05) is 31.7 Å². The van der Waals surface area contributed by atoms with Crippen molar-refractivity contribution in [1.82, 2.24) is 15.0 Å². The summed E-state index contributed by atoms with van der Waals surface area (Å²) >= 11 is 1.38. The maximum absolute atomic E-state index is 12.7. The zero-order chi connectivity index (χ0) is 28.6. The third-order valence-corrected chi connectivity index (χ3v) is 6.10. The summed E-state index contributed by atoms with van der Waals surface area (Å²) in [4.78, 5) is 14.0. The van der Waals surface area contributed by atoms with Gasteiger partial charge in [0.15, 0.2) is 0 Å². The molecule has 1 unspecified atom stereocenters. The number of hydrogen-bond acceptors (Lipinski definition) is 9. The second-order valence-electron chi connectivity index (χ2n) is 7.43. The molecule has 2 heterocycles. The predicted molar refractivity (Wildman–Crippen MR) is 144 cm³/mol. The minimum Gasteiger partial charge on any atom is -0.400 e. The highest BCUT2D eigenvalue weighted by Gasteiger charge is 2.28. The largest absolute Gasteiger partial charge is 0.405 e. The van der Waals surface area contributed by atoms with Crippen molar-refractivity contribution >= 4 is 29.2 Å². The highest BCUT2D eigenvalue weighted by molar-refractivity contribution is 7.16. The Bertz CT molecular complexity index is 1010. The summed E-state index contributed by atoms with van der Waals surface area (Å²) in [5.41, 5.74) is 1.79. The molecule has 2 aromatic rings. The standard InChI is InChI=1S/C22H30F3N5O2S.C2H2.CH4O/c1-5-8-9-15-17(7-3)33-20(29-15)18-13(4)28-21(27-12-22(23,24)25)30-19(18)26-10-16(32)14(6-2)11-31;2*1-2/h5,7-8,14,16,31-32H,3,6,9-12H2,1-2,4H3,(H2,26,27,28,30);1-2H;2H,1H3/b8-5-;;/t14?,16-;;/m0../s1. The SMILES string of the molecule is C#C.C=Cc1sc(-c2c(C)nc(NCC(F)(F)F)nc2NC[C@H](O)C(CC)CO)nc1C/C=C\C.CO. The molecule has 0 saturated heterocycles. The molecule has 0 aliphatic heterocycles. The topological polar surface area (TPSA) is 123 Å². The summed E-state index contributed by atoms with van der Waals surface area (Å²) in [7, 11) is 1.00. The van der Waals surface area contributed by atoms with Crippen molar-refractivity contribution in [3.05, 3.63) is 35.0 Å². The second-order valence-corrected chi connectivity index (χ2v) is 8.46. The quantitative estimate of drug-likeness (QED) is 0.198. The lowest BCUT2D eigenvalue weighted by atomic mass is 10.0. The van der Waals surface area contributed by atoms with E-state index in [0.717, 1.165) is 17.7 Å². The second kappa shape index (κ2) is 17.5. The van der Waals surface area contributed by atoms with Crippen LogP contribution < -0.4 is 10.6 Å². The van der Waals surface area contributed by atoms with Gasteiger partial charge in [0, 0.05) is 32.6 Å². The Hall–Kier alpha value is -2.98. The molecule has 0 aliphatic carbocycles. The fraction of sp³-hybridized carbons (Fsp3) is 0.480. The van der Waals surface area contributed by atoms with Gasteiger partial charge in [0.25, 0.3) is 0 Å². The van der Waals surface area contributed by atoms with Gasteiger partial charge in [0.2, 0.25) is 5.95 Å². The van der Waals surface area contributed by atoms with E-state index in [1.165, 1.54) is 11.3 Å². The van der Waals surface area contributed by atoms with E-state index in [1.54, 1.807) is 13.0 Å². The highest BCUT2D eigenvalue weighted by Crippen LogP contribution is 2.36. The average molecular weight is 544 g/mol. The van der Waals surface area contributed by atoms with Crippen LogP contribution in [0.25, 0.3) is 16.6 Å². The van der Waals surface area contributed by atoms with Crippen LogP contribution >= 0.6 is 11.3 Å². The number of alkyl halides is 3. The number of aromatic nitrogens is 3. The number of thiazole rings is 1. The number of hydrogen-bond donors (Lipinski definition) is 5. The maximum atomic E-state index is 12.7. The molecule has 37 heavy (non-hydrogen) atoms. The van der Waals surface area contributed by atoms with Gasteiger partial charge < -0.3 is 26.0 Å².